The molecule has 0 fully saturated rings. The summed E-state index contributed by atoms with van der Waals surface area (Å²) in [6, 6.07) is 2.23. The zero-order valence-electron chi connectivity index (χ0n) is 9.90. The van der Waals surface area contributed by atoms with Gasteiger partial charge in [-0.15, -0.1) is 0 Å². The van der Waals surface area contributed by atoms with Gasteiger partial charge in [0.1, 0.15) is 6.04 Å². The standard InChI is InChI=1S/C11H11F3N4O/c1-5(9(15)19)18-8-3-2-6(11(12,13)14)4-7(8)17-10(18)16/h2-5H,1H3,(H2,15,19)(H2,16,17). The van der Waals surface area contributed by atoms with E-state index in [2.05, 4.69) is 4.98 Å². The molecule has 0 saturated heterocycles. The summed E-state index contributed by atoms with van der Waals surface area (Å²) in [5.41, 5.74) is 10.4. The number of carbonyl (C=O) groups excluding carboxylic acids is 1. The zero-order valence-corrected chi connectivity index (χ0v) is 9.90. The molecule has 8 heteroatoms. The van der Waals surface area contributed by atoms with Gasteiger partial charge in [0.15, 0.2) is 0 Å². The molecule has 1 heterocycles. The second kappa shape index (κ2) is 4.15. The molecule has 1 aromatic heterocycles. The molecular weight excluding hydrogens is 261 g/mol. The van der Waals surface area contributed by atoms with Gasteiger partial charge in [0.05, 0.1) is 16.6 Å². The molecule has 0 aliphatic carbocycles. The van der Waals surface area contributed by atoms with Crippen molar-refractivity contribution in [3.05, 3.63) is 23.8 Å². The van der Waals surface area contributed by atoms with Gasteiger partial charge in [-0.25, -0.2) is 4.98 Å². The van der Waals surface area contributed by atoms with Gasteiger partial charge in [-0.3, -0.25) is 9.36 Å². The van der Waals surface area contributed by atoms with Crippen LogP contribution in [0.4, 0.5) is 19.1 Å². The van der Waals surface area contributed by atoms with Crippen molar-refractivity contribution >= 4 is 22.9 Å². The molecule has 0 spiro atoms. The van der Waals surface area contributed by atoms with Gasteiger partial charge in [0.2, 0.25) is 11.9 Å². The Morgan fingerprint density at radius 1 is 1.42 bits per heavy atom. The fourth-order valence-electron chi connectivity index (χ4n) is 1.83. The lowest BCUT2D eigenvalue weighted by molar-refractivity contribution is -0.137. The Bertz CT molecular complexity index is 647. The number of fused-ring (bicyclic) bond motifs is 1. The highest BCUT2D eigenvalue weighted by Crippen LogP contribution is 2.32. The molecule has 102 valence electrons. The van der Waals surface area contributed by atoms with Crippen LogP contribution in [0, 0.1) is 0 Å². The molecule has 0 bridgehead atoms. The number of imidazole rings is 1. The molecule has 0 saturated carbocycles. The minimum absolute atomic E-state index is 0.0550. The van der Waals surface area contributed by atoms with E-state index in [-0.39, 0.29) is 11.5 Å². The number of halogens is 3. The quantitative estimate of drug-likeness (QED) is 0.872. The van der Waals surface area contributed by atoms with E-state index in [1.54, 1.807) is 0 Å². The molecule has 2 aromatic rings. The van der Waals surface area contributed by atoms with Crippen molar-refractivity contribution < 1.29 is 18.0 Å². The molecular formula is C11H11F3N4O. The summed E-state index contributed by atoms with van der Waals surface area (Å²) >= 11 is 0. The lowest BCUT2D eigenvalue weighted by atomic mass is 10.2. The Morgan fingerprint density at radius 3 is 2.58 bits per heavy atom. The minimum atomic E-state index is -4.46. The van der Waals surface area contributed by atoms with E-state index < -0.39 is 23.7 Å². The maximum atomic E-state index is 12.6. The van der Waals surface area contributed by atoms with Crippen molar-refractivity contribution in [1.82, 2.24) is 9.55 Å². The predicted octanol–water partition coefficient (Wildman–Crippen LogP) is 1.68. The number of benzene rings is 1. The van der Waals surface area contributed by atoms with Crippen molar-refractivity contribution in [2.45, 2.75) is 19.1 Å². The number of hydrogen-bond acceptors (Lipinski definition) is 3. The van der Waals surface area contributed by atoms with E-state index in [0.717, 1.165) is 12.1 Å². The summed E-state index contributed by atoms with van der Waals surface area (Å²) in [7, 11) is 0. The van der Waals surface area contributed by atoms with Gasteiger partial charge in [-0.2, -0.15) is 13.2 Å². The Hall–Kier alpha value is -2.25. The number of primary amides is 1. The maximum Gasteiger partial charge on any atom is 0.416 e. The van der Waals surface area contributed by atoms with E-state index in [0.29, 0.717) is 5.52 Å². The summed E-state index contributed by atoms with van der Waals surface area (Å²) in [4.78, 5) is 15.0. The average molecular weight is 272 g/mol. The average Bonchev–Trinajstić information content (AvgIpc) is 2.61. The number of aromatic nitrogens is 2. The van der Waals surface area contributed by atoms with Crippen LogP contribution >= 0.6 is 0 Å². The van der Waals surface area contributed by atoms with Crippen molar-refractivity contribution in [3.63, 3.8) is 0 Å². The molecule has 4 N–H and O–H groups in total. The van der Waals surface area contributed by atoms with Gasteiger partial charge < -0.3 is 11.5 Å². The van der Waals surface area contributed by atoms with Crippen LogP contribution in [0.15, 0.2) is 18.2 Å². The third-order valence-corrected chi connectivity index (χ3v) is 2.84. The van der Waals surface area contributed by atoms with Crippen LogP contribution in [0.25, 0.3) is 11.0 Å². The highest BCUT2D eigenvalue weighted by molar-refractivity contribution is 5.85. The molecule has 2 rings (SSSR count). The number of nitrogens with two attached hydrogens (primary N) is 2. The normalized spacial score (nSPS) is 13.7. The number of alkyl halides is 3. The van der Waals surface area contributed by atoms with Crippen LogP contribution in [0.1, 0.15) is 18.5 Å². The highest BCUT2D eigenvalue weighted by Gasteiger charge is 2.31. The monoisotopic (exact) mass is 272 g/mol. The summed E-state index contributed by atoms with van der Waals surface area (Å²) < 4.78 is 39.0. The summed E-state index contributed by atoms with van der Waals surface area (Å²) in [6.07, 6.45) is -4.46. The number of carbonyl (C=O) groups is 1. The number of nitrogen functional groups attached to an aromatic ring is 1. The fraction of sp³-hybridized carbons (Fsp3) is 0.273. The first-order valence-corrected chi connectivity index (χ1v) is 5.36. The third kappa shape index (κ3) is 2.20. The molecule has 1 aromatic carbocycles. The zero-order chi connectivity index (χ0) is 14.4. The first-order chi connectivity index (χ1) is 8.71. The Morgan fingerprint density at radius 2 is 2.05 bits per heavy atom. The van der Waals surface area contributed by atoms with Crippen LogP contribution < -0.4 is 11.5 Å². The Kier molecular flexibility index (Phi) is 2.88. The maximum absolute atomic E-state index is 12.6. The summed E-state index contributed by atoms with van der Waals surface area (Å²) in [6.45, 7) is 1.50. The van der Waals surface area contributed by atoms with Gasteiger partial charge in [0.25, 0.3) is 0 Å². The van der Waals surface area contributed by atoms with Crippen molar-refractivity contribution in [1.29, 1.82) is 0 Å². The molecule has 1 unspecified atom stereocenters. The van der Waals surface area contributed by atoms with Crippen LogP contribution in [-0.4, -0.2) is 15.5 Å². The van der Waals surface area contributed by atoms with Gasteiger partial charge in [0, 0.05) is 0 Å². The van der Waals surface area contributed by atoms with Gasteiger partial charge in [-0.1, -0.05) is 0 Å². The summed E-state index contributed by atoms with van der Waals surface area (Å²) in [5, 5.41) is 0. The van der Waals surface area contributed by atoms with E-state index in [9.17, 15) is 18.0 Å². The molecule has 0 aliphatic heterocycles. The molecule has 19 heavy (non-hydrogen) atoms. The van der Waals surface area contributed by atoms with Crippen molar-refractivity contribution in [2.24, 2.45) is 5.73 Å². The lowest BCUT2D eigenvalue weighted by Gasteiger charge is -2.12. The predicted molar refractivity (Wildman–Crippen MR) is 63.1 cm³/mol. The molecule has 1 atom stereocenters. The van der Waals surface area contributed by atoms with Crippen LogP contribution in [0.2, 0.25) is 0 Å². The molecule has 5 nitrogen and oxygen atoms in total. The van der Waals surface area contributed by atoms with Crippen LogP contribution in [0.3, 0.4) is 0 Å². The topological polar surface area (TPSA) is 86.9 Å². The number of nitrogens with zero attached hydrogens (tertiary/aromatic N) is 2. The van der Waals surface area contributed by atoms with Crippen molar-refractivity contribution in [3.8, 4) is 0 Å². The minimum Gasteiger partial charge on any atom is -0.369 e. The number of amides is 1. The molecule has 1 amide bonds. The number of rotatable bonds is 2. The van der Waals surface area contributed by atoms with Crippen LogP contribution in [-0.2, 0) is 11.0 Å². The fourth-order valence-corrected chi connectivity index (χ4v) is 1.83. The summed E-state index contributed by atoms with van der Waals surface area (Å²) in [5.74, 6) is -0.702. The third-order valence-electron chi connectivity index (χ3n) is 2.84. The lowest BCUT2D eigenvalue weighted by Crippen LogP contribution is -2.24. The SMILES string of the molecule is CC(C(N)=O)n1c(N)nc2cc(C(F)(F)F)ccc21. The van der Waals surface area contributed by atoms with E-state index in [4.69, 9.17) is 11.5 Å². The molecule has 0 aliphatic rings. The Balaban J connectivity index is 2.64. The second-order valence-electron chi connectivity index (χ2n) is 4.12. The first-order valence-electron chi connectivity index (χ1n) is 5.36. The van der Waals surface area contributed by atoms with E-state index >= 15 is 0 Å². The van der Waals surface area contributed by atoms with Crippen molar-refractivity contribution in [2.75, 3.05) is 5.73 Å². The smallest absolute Gasteiger partial charge is 0.369 e. The second-order valence-corrected chi connectivity index (χ2v) is 4.12. The van der Waals surface area contributed by atoms with Gasteiger partial charge in [-0.05, 0) is 25.1 Å². The van der Waals surface area contributed by atoms with E-state index in [1.165, 1.54) is 17.6 Å². The Labute approximate surface area is 106 Å². The highest BCUT2D eigenvalue weighted by atomic mass is 19.4. The largest absolute Gasteiger partial charge is 0.416 e. The number of hydrogen-bond donors (Lipinski definition) is 2. The number of anilines is 1. The molecule has 0 radical (unpaired) electrons. The first kappa shape index (κ1) is 13.2. The van der Waals surface area contributed by atoms with E-state index in [1.807, 2.05) is 0 Å². The van der Waals surface area contributed by atoms with Gasteiger partial charge >= 0.3 is 6.18 Å². The van der Waals surface area contributed by atoms with Crippen LogP contribution in [0.5, 0.6) is 0 Å².